The van der Waals surface area contributed by atoms with E-state index in [1.165, 1.54) is 0 Å². The summed E-state index contributed by atoms with van der Waals surface area (Å²) in [5.74, 6) is -0.415. The summed E-state index contributed by atoms with van der Waals surface area (Å²) in [5, 5.41) is 8.18. The smallest absolute Gasteiger partial charge is 0.333 e. The van der Waals surface area contributed by atoms with Gasteiger partial charge in [0.2, 0.25) is 0 Å². The highest BCUT2D eigenvalue weighted by atomic mass is 16.5. The zero-order valence-electron chi connectivity index (χ0n) is 5.96. The normalized spacial score (nSPS) is 9.00. The molecule has 0 aliphatic carbocycles. The van der Waals surface area contributed by atoms with Crippen LogP contribution in [0.15, 0.2) is 12.2 Å². The molecule has 0 unspecified atom stereocenters. The lowest BCUT2D eigenvalue weighted by molar-refractivity contribution is -0.138. The van der Waals surface area contributed by atoms with Gasteiger partial charge in [0.1, 0.15) is 0 Å². The Hall–Kier alpha value is -0.830. The molecule has 0 saturated carbocycles. The number of rotatable bonds is 4. The van der Waals surface area contributed by atoms with Gasteiger partial charge in [0, 0.05) is 12.0 Å². The van der Waals surface area contributed by atoms with E-state index in [1.807, 2.05) is 0 Å². The lowest BCUT2D eigenvalue weighted by Gasteiger charge is -2.00. The fraction of sp³-hybridized carbons (Fsp3) is 0.429. The van der Waals surface area contributed by atoms with Crippen LogP contribution in [0.1, 0.15) is 13.3 Å². The van der Waals surface area contributed by atoms with Crippen LogP contribution in [0.4, 0.5) is 0 Å². The fourth-order valence-corrected chi connectivity index (χ4v) is 0.328. The summed E-state index contributed by atoms with van der Waals surface area (Å²) in [6, 6.07) is 0. The number of hydrogen-bond acceptors (Lipinski definition) is 3. The van der Waals surface area contributed by atoms with Crippen molar-refractivity contribution in [1.82, 2.24) is 0 Å². The molecule has 0 aromatic carbocycles. The topological polar surface area (TPSA) is 46.5 Å². The average Bonchev–Trinajstić information content (AvgIpc) is 1.88. The molecule has 0 aliphatic heterocycles. The van der Waals surface area contributed by atoms with E-state index >= 15 is 0 Å². The lowest BCUT2D eigenvalue weighted by atomic mass is 10.4. The molecule has 1 N–H and O–H groups in total. The summed E-state index contributed by atoms with van der Waals surface area (Å²) in [5.41, 5.74) is 0.373. The summed E-state index contributed by atoms with van der Waals surface area (Å²) < 4.78 is 4.61. The molecule has 57 valence electrons. The van der Waals surface area contributed by atoms with Gasteiger partial charge in [0.05, 0.1) is 13.2 Å². The predicted octanol–water partition coefficient (Wildman–Crippen LogP) is 1.03. The Morgan fingerprint density at radius 1 is 1.80 bits per heavy atom. The highest BCUT2D eigenvalue weighted by Crippen LogP contribution is 1.93. The Morgan fingerprint density at radius 2 is 2.40 bits per heavy atom. The standard InChI is InChI=1S/C7H11O3/c1-6(2)7(9)10-5-3-4-8/h4,8H,1,3,5H2,2H3. The molecule has 0 fully saturated rings. The summed E-state index contributed by atoms with van der Waals surface area (Å²) in [4.78, 5) is 10.6. The Balaban J connectivity index is 3.31. The van der Waals surface area contributed by atoms with Gasteiger partial charge in [0.15, 0.2) is 0 Å². The van der Waals surface area contributed by atoms with Gasteiger partial charge in [-0.05, 0) is 6.92 Å². The van der Waals surface area contributed by atoms with Gasteiger partial charge < -0.3 is 9.84 Å². The SMILES string of the molecule is C=C(C)C(=O)OCC[CH]O. The number of ether oxygens (including phenoxy) is 1. The summed E-state index contributed by atoms with van der Waals surface area (Å²) in [7, 11) is 0. The van der Waals surface area contributed by atoms with E-state index in [4.69, 9.17) is 5.11 Å². The number of carbonyl (C=O) groups excluding carboxylic acids is 1. The minimum Gasteiger partial charge on any atom is -0.462 e. The number of aliphatic hydroxyl groups is 1. The molecule has 0 bridgehead atoms. The van der Waals surface area contributed by atoms with Crippen LogP contribution in [0, 0.1) is 6.61 Å². The Bertz CT molecular complexity index is 129. The monoisotopic (exact) mass is 143 g/mol. The number of hydrogen-bond donors (Lipinski definition) is 1. The molecule has 3 nitrogen and oxygen atoms in total. The van der Waals surface area contributed by atoms with E-state index < -0.39 is 5.97 Å². The van der Waals surface area contributed by atoms with Gasteiger partial charge in [-0.2, -0.15) is 0 Å². The second-order valence-corrected chi connectivity index (χ2v) is 1.89. The highest BCUT2D eigenvalue weighted by molar-refractivity contribution is 5.86. The van der Waals surface area contributed by atoms with Crippen LogP contribution in [-0.4, -0.2) is 17.7 Å². The Morgan fingerprint density at radius 3 is 2.80 bits per heavy atom. The zero-order valence-corrected chi connectivity index (χ0v) is 5.96. The van der Waals surface area contributed by atoms with E-state index in [-0.39, 0.29) is 6.61 Å². The summed E-state index contributed by atoms with van der Waals surface area (Å²) in [6.45, 7) is 6.12. The van der Waals surface area contributed by atoms with Crippen molar-refractivity contribution in [2.75, 3.05) is 6.61 Å². The van der Waals surface area contributed by atoms with E-state index in [0.717, 1.165) is 6.61 Å². The van der Waals surface area contributed by atoms with Crippen molar-refractivity contribution in [3.63, 3.8) is 0 Å². The third-order valence-electron chi connectivity index (χ3n) is 0.829. The van der Waals surface area contributed by atoms with Crippen LogP contribution in [0.25, 0.3) is 0 Å². The van der Waals surface area contributed by atoms with Gasteiger partial charge in [-0.15, -0.1) is 0 Å². The molecule has 0 saturated heterocycles. The largest absolute Gasteiger partial charge is 0.462 e. The van der Waals surface area contributed by atoms with Crippen molar-refractivity contribution >= 4 is 5.97 Å². The molecule has 0 spiro atoms. The van der Waals surface area contributed by atoms with Crippen molar-refractivity contribution in [2.24, 2.45) is 0 Å². The van der Waals surface area contributed by atoms with Gasteiger partial charge in [0.25, 0.3) is 0 Å². The first-order valence-corrected chi connectivity index (χ1v) is 2.97. The Kier molecular flexibility index (Phi) is 4.58. The summed E-state index contributed by atoms with van der Waals surface area (Å²) in [6.07, 6.45) is 0.360. The second-order valence-electron chi connectivity index (χ2n) is 1.89. The van der Waals surface area contributed by atoms with Crippen LogP contribution in [0.2, 0.25) is 0 Å². The molecule has 3 heteroatoms. The molecule has 0 aromatic rings. The highest BCUT2D eigenvalue weighted by Gasteiger charge is 2.00. The van der Waals surface area contributed by atoms with Crippen molar-refractivity contribution in [3.8, 4) is 0 Å². The minimum atomic E-state index is -0.415. The second kappa shape index (κ2) is 4.99. The van der Waals surface area contributed by atoms with Crippen molar-refractivity contribution in [3.05, 3.63) is 18.8 Å². The van der Waals surface area contributed by atoms with E-state index in [0.29, 0.717) is 12.0 Å². The maximum Gasteiger partial charge on any atom is 0.333 e. The Labute approximate surface area is 60.3 Å². The molecule has 0 amide bonds. The molecule has 0 heterocycles. The van der Waals surface area contributed by atoms with Crippen molar-refractivity contribution in [2.45, 2.75) is 13.3 Å². The van der Waals surface area contributed by atoms with Crippen LogP contribution in [0.5, 0.6) is 0 Å². The minimum absolute atomic E-state index is 0.211. The van der Waals surface area contributed by atoms with Crippen LogP contribution in [-0.2, 0) is 9.53 Å². The predicted molar refractivity (Wildman–Crippen MR) is 36.6 cm³/mol. The molecular weight excluding hydrogens is 132 g/mol. The van der Waals surface area contributed by atoms with Gasteiger partial charge in [-0.25, -0.2) is 4.79 Å². The van der Waals surface area contributed by atoms with Gasteiger partial charge in [-0.3, -0.25) is 0 Å². The number of carbonyl (C=O) groups is 1. The van der Waals surface area contributed by atoms with Crippen molar-refractivity contribution < 1.29 is 14.6 Å². The van der Waals surface area contributed by atoms with E-state index in [2.05, 4.69) is 11.3 Å². The maximum absolute atomic E-state index is 10.6. The van der Waals surface area contributed by atoms with Gasteiger partial charge in [-0.1, -0.05) is 6.58 Å². The third kappa shape index (κ3) is 4.09. The van der Waals surface area contributed by atoms with Crippen LogP contribution >= 0.6 is 0 Å². The van der Waals surface area contributed by atoms with Crippen molar-refractivity contribution in [1.29, 1.82) is 0 Å². The molecule has 0 aliphatic rings. The quantitative estimate of drug-likeness (QED) is 0.363. The number of aliphatic hydroxyl groups excluding tert-OH is 1. The van der Waals surface area contributed by atoms with E-state index in [9.17, 15) is 4.79 Å². The van der Waals surface area contributed by atoms with E-state index in [1.54, 1.807) is 6.92 Å². The lowest BCUT2D eigenvalue weighted by Crippen LogP contribution is -2.05. The van der Waals surface area contributed by atoms with Crippen LogP contribution < -0.4 is 0 Å². The molecule has 0 atom stereocenters. The first-order chi connectivity index (χ1) is 4.68. The first-order valence-electron chi connectivity index (χ1n) is 2.97. The molecule has 0 rings (SSSR count). The summed E-state index contributed by atoms with van der Waals surface area (Å²) >= 11 is 0. The zero-order chi connectivity index (χ0) is 7.98. The van der Waals surface area contributed by atoms with Crippen LogP contribution in [0.3, 0.4) is 0 Å². The third-order valence-corrected chi connectivity index (χ3v) is 0.829. The average molecular weight is 143 g/mol. The first kappa shape index (κ1) is 9.17. The molecular formula is C7H11O3. The fourth-order valence-electron chi connectivity index (χ4n) is 0.328. The molecule has 1 radical (unpaired) electrons. The maximum atomic E-state index is 10.6. The molecule has 0 aromatic heterocycles. The number of esters is 1. The molecule has 10 heavy (non-hydrogen) atoms. The van der Waals surface area contributed by atoms with Gasteiger partial charge >= 0.3 is 5.97 Å².